The van der Waals surface area contributed by atoms with Crippen LogP contribution in [0.3, 0.4) is 0 Å². The molecule has 0 unspecified atom stereocenters. The van der Waals surface area contributed by atoms with E-state index in [-0.39, 0.29) is 11.5 Å². The summed E-state index contributed by atoms with van der Waals surface area (Å²) in [4.78, 5) is 4.20. The van der Waals surface area contributed by atoms with Gasteiger partial charge in [0, 0.05) is 11.8 Å². The van der Waals surface area contributed by atoms with Crippen LogP contribution in [0, 0.1) is 38.0 Å². The first-order valence-corrected chi connectivity index (χ1v) is 9.07. The number of anilines is 4. The number of nitriles is 2. The molecular formula is C19H10F2IN7. The van der Waals surface area contributed by atoms with E-state index < -0.39 is 17.3 Å². The maximum atomic E-state index is 14.3. The van der Waals surface area contributed by atoms with Crippen molar-refractivity contribution in [2.75, 3.05) is 10.6 Å². The Morgan fingerprint density at radius 2 is 1.69 bits per heavy atom. The van der Waals surface area contributed by atoms with Gasteiger partial charge in [-0.1, -0.05) is 0 Å². The third-order valence-electron chi connectivity index (χ3n) is 3.57. The predicted molar refractivity (Wildman–Crippen MR) is 111 cm³/mol. The van der Waals surface area contributed by atoms with Crippen LogP contribution >= 0.6 is 22.6 Å². The van der Waals surface area contributed by atoms with Gasteiger partial charge in [-0.2, -0.15) is 15.5 Å². The summed E-state index contributed by atoms with van der Waals surface area (Å²) in [6.45, 7) is 0. The highest BCUT2D eigenvalue weighted by Crippen LogP contribution is 2.26. The highest BCUT2D eigenvalue weighted by Gasteiger charge is 2.14. The summed E-state index contributed by atoms with van der Waals surface area (Å²) in [6, 6.07) is 12.6. The fourth-order valence-electron chi connectivity index (χ4n) is 2.26. The Hall–Kier alpha value is -3.64. The van der Waals surface area contributed by atoms with Crippen LogP contribution in [0.15, 0.2) is 42.5 Å². The Labute approximate surface area is 177 Å². The fourth-order valence-corrected chi connectivity index (χ4v) is 2.63. The quantitative estimate of drug-likeness (QED) is 0.387. The zero-order valence-corrected chi connectivity index (χ0v) is 16.6. The van der Waals surface area contributed by atoms with Crippen LogP contribution in [0.4, 0.5) is 31.9 Å². The molecule has 2 N–H and O–H groups in total. The van der Waals surface area contributed by atoms with Crippen LogP contribution in [0.5, 0.6) is 0 Å². The molecule has 0 radical (unpaired) electrons. The van der Waals surface area contributed by atoms with Gasteiger partial charge in [-0.25, -0.2) is 8.78 Å². The van der Waals surface area contributed by atoms with Crippen molar-refractivity contribution >= 4 is 51.8 Å². The summed E-state index contributed by atoms with van der Waals surface area (Å²) < 4.78 is 29.0. The smallest absolute Gasteiger partial charge is 0.249 e. The summed E-state index contributed by atoms with van der Waals surface area (Å²) in [5.74, 6) is -1.53. The standard InChI is InChI=1S/C19H10F2IN7/c20-14-8-12(2-1-7-23)9-15(21)16(14)26-19-27-18(17(22)28-29-19)25-13-5-3-11(10-24)4-6-13/h1-6,8-9H,(H2,25,26,27,29)/b2-1+. The maximum absolute atomic E-state index is 14.3. The van der Waals surface area contributed by atoms with E-state index >= 15 is 0 Å². The molecule has 0 saturated heterocycles. The Morgan fingerprint density at radius 3 is 2.31 bits per heavy atom. The summed E-state index contributed by atoms with van der Waals surface area (Å²) in [6.07, 6.45) is 2.41. The Morgan fingerprint density at radius 1 is 1.00 bits per heavy atom. The third kappa shape index (κ3) is 5.00. The number of allylic oxidation sites excluding steroid dienone is 1. The van der Waals surface area contributed by atoms with E-state index in [1.807, 2.05) is 28.7 Å². The van der Waals surface area contributed by atoms with E-state index in [0.29, 0.717) is 20.8 Å². The van der Waals surface area contributed by atoms with Gasteiger partial charge in [-0.3, -0.25) is 0 Å². The lowest BCUT2D eigenvalue weighted by Crippen LogP contribution is -2.07. The molecule has 10 heteroatoms. The minimum Gasteiger partial charge on any atom is -0.338 e. The van der Waals surface area contributed by atoms with E-state index in [2.05, 4.69) is 25.8 Å². The topological polar surface area (TPSA) is 110 Å². The second kappa shape index (κ2) is 9.03. The van der Waals surface area contributed by atoms with Crippen molar-refractivity contribution < 1.29 is 8.78 Å². The van der Waals surface area contributed by atoms with Crippen molar-refractivity contribution in [1.29, 1.82) is 10.5 Å². The van der Waals surface area contributed by atoms with Crippen LogP contribution in [0.1, 0.15) is 11.1 Å². The predicted octanol–water partition coefficient (Wildman–Crippen LogP) is 4.65. The monoisotopic (exact) mass is 501 g/mol. The number of rotatable bonds is 5. The van der Waals surface area contributed by atoms with Gasteiger partial charge in [0.25, 0.3) is 0 Å². The van der Waals surface area contributed by atoms with Gasteiger partial charge in [0.2, 0.25) is 5.95 Å². The lowest BCUT2D eigenvalue weighted by Gasteiger charge is -2.11. The van der Waals surface area contributed by atoms with E-state index in [1.54, 1.807) is 30.3 Å². The van der Waals surface area contributed by atoms with Crippen LogP contribution < -0.4 is 10.6 Å². The van der Waals surface area contributed by atoms with Gasteiger partial charge in [0.05, 0.1) is 17.7 Å². The van der Waals surface area contributed by atoms with Crippen LogP contribution in [-0.4, -0.2) is 15.2 Å². The molecule has 0 aliphatic carbocycles. The third-order valence-corrected chi connectivity index (χ3v) is 4.30. The van der Waals surface area contributed by atoms with Gasteiger partial charge in [0.1, 0.15) is 17.3 Å². The van der Waals surface area contributed by atoms with E-state index in [1.165, 1.54) is 6.08 Å². The van der Waals surface area contributed by atoms with Crippen molar-refractivity contribution in [3.63, 3.8) is 0 Å². The molecule has 3 rings (SSSR count). The summed E-state index contributed by atoms with van der Waals surface area (Å²) in [7, 11) is 0. The van der Waals surface area contributed by atoms with Crippen LogP contribution in [0.25, 0.3) is 6.08 Å². The number of nitrogens with zero attached hydrogens (tertiary/aromatic N) is 5. The molecule has 1 heterocycles. The first-order valence-electron chi connectivity index (χ1n) is 8.00. The minimum atomic E-state index is -0.869. The lowest BCUT2D eigenvalue weighted by atomic mass is 10.1. The molecule has 0 bridgehead atoms. The number of halogens is 3. The van der Waals surface area contributed by atoms with E-state index in [9.17, 15) is 8.78 Å². The highest BCUT2D eigenvalue weighted by molar-refractivity contribution is 14.1. The molecule has 2 aromatic carbocycles. The number of nitrogens with one attached hydrogen (secondary N) is 2. The average molecular weight is 501 g/mol. The van der Waals surface area contributed by atoms with Crippen LogP contribution in [-0.2, 0) is 0 Å². The second-order valence-electron chi connectivity index (χ2n) is 5.54. The summed E-state index contributed by atoms with van der Waals surface area (Å²) in [5, 5.41) is 30.6. The summed E-state index contributed by atoms with van der Waals surface area (Å²) in [5.41, 5.74) is 0.926. The van der Waals surface area contributed by atoms with Crippen LogP contribution in [0.2, 0.25) is 0 Å². The zero-order chi connectivity index (χ0) is 20.8. The maximum Gasteiger partial charge on any atom is 0.249 e. The molecule has 0 atom stereocenters. The second-order valence-corrected chi connectivity index (χ2v) is 6.56. The average Bonchev–Trinajstić information content (AvgIpc) is 2.72. The minimum absolute atomic E-state index is 0.111. The number of hydrogen-bond donors (Lipinski definition) is 2. The number of aromatic nitrogens is 3. The molecule has 3 aromatic rings. The molecule has 0 spiro atoms. The van der Waals surface area contributed by atoms with Crippen molar-refractivity contribution in [2.45, 2.75) is 0 Å². The largest absolute Gasteiger partial charge is 0.338 e. The van der Waals surface area contributed by atoms with Crippen molar-refractivity contribution in [1.82, 2.24) is 15.2 Å². The van der Waals surface area contributed by atoms with Crippen molar-refractivity contribution in [2.24, 2.45) is 0 Å². The van der Waals surface area contributed by atoms with Crippen molar-refractivity contribution in [3.8, 4) is 12.1 Å². The molecule has 0 aliphatic heterocycles. The highest BCUT2D eigenvalue weighted by atomic mass is 127. The molecule has 0 saturated carbocycles. The van der Waals surface area contributed by atoms with Crippen molar-refractivity contribution in [3.05, 3.63) is 68.9 Å². The Kier molecular flexibility index (Phi) is 6.26. The SMILES string of the molecule is N#C/C=C/c1cc(F)c(Nc2nnc(I)c(Nc3ccc(C#N)cc3)n2)c(F)c1. The van der Waals surface area contributed by atoms with Gasteiger partial charge < -0.3 is 10.6 Å². The lowest BCUT2D eigenvalue weighted by molar-refractivity contribution is 0.589. The fraction of sp³-hybridized carbons (Fsp3) is 0. The zero-order valence-electron chi connectivity index (χ0n) is 14.5. The Balaban J connectivity index is 1.85. The Bertz CT molecular complexity index is 1140. The van der Waals surface area contributed by atoms with Gasteiger partial charge >= 0.3 is 0 Å². The van der Waals surface area contributed by atoms with E-state index in [0.717, 1.165) is 18.2 Å². The molecule has 0 aliphatic rings. The van der Waals surface area contributed by atoms with E-state index in [4.69, 9.17) is 10.5 Å². The van der Waals surface area contributed by atoms with Gasteiger partial charge in [-0.15, -0.1) is 10.2 Å². The number of benzene rings is 2. The molecule has 142 valence electrons. The molecular weight excluding hydrogens is 491 g/mol. The normalized spacial score (nSPS) is 10.4. The molecule has 0 amide bonds. The molecule has 7 nitrogen and oxygen atoms in total. The molecule has 29 heavy (non-hydrogen) atoms. The summed E-state index contributed by atoms with van der Waals surface area (Å²) >= 11 is 1.92. The van der Waals surface area contributed by atoms with Gasteiger partial charge in [-0.05, 0) is 70.6 Å². The first-order chi connectivity index (χ1) is 14.0. The number of hydrogen-bond acceptors (Lipinski definition) is 7. The molecule has 1 aromatic heterocycles. The van der Waals surface area contributed by atoms with Gasteiger partial charge in [0.15, 0.2) is 9.52 Å². The first kappa shape index (κ1) is 20.1. The molecule has 0 fully saturated rings.